The Kier molecular flexibility index (Phi) is 9.15. The molecule has 0 radical (unpaired) electrons. The van der Waals surface area contributed by atoms with Gasteiger partial charge in [0.25, 0.3) is 5.91 Å². The van der Waals surface area contributed by atoms with E-state index >= 15 is 0 Å². The van der Waals surface area contributed by atoms with Crippen LogP contribution in [0.5, 0.6) is 0 Å². The van der Waals surface area contributed by atoms with Crippen molar-refractivity contribution in [2.75, 3.05) is 12.0 Å². The van der Waals surface area contributed by atoms with Gasteiger partial charge in [0.05, 0.1) is 6.04 Å². The smallest absolute Gasteiger partial charge is 0.266 e. The van der Waals surface area contributed by atoms with E-state index in [-0.39, 0.29) is 5.91 Å². The fraction of sp³-hybridized carbons (Fsp3) is 0.208. The predicted octanol–water partition coefficient (Wildman–Crippen LogP) is 4.60. The normalized spacial score (nSPS) is 11.6. The Morgan fingerprint density at radius 2 is 1.97 bits per heavy atom. The first-order chi connectivity index (χ1) is 15.2. The SMILES string of the molecule is CSCC[C@H](C=O)NNC(=O)c1ccc(SCc2cccnc2)cc1-c1ccccc1. The lowest BCUT2D eigenvalue weighted by Gasteiger charge is -2.16. The fourth-order valence-corrected chi connectivity index (χ4v) is 4.32. The van der Waals surface area contributed by atoms with Gasteiger partial charge in [-0.15, -0.1) is 11.8 Å². The standard InChI is InChI=1S/C24H25N3O2S2/c1-30-13-11-20(16-28)26-27-24(29)22-10-9-21(31-17-18-6-5-12-25-15-18)14-23(22)19-7-3-2-4-8-19/h2-10,12,14-16,20,26H,11,13,17H2,1H3,(H,27,29)/t20-/m1/s1. The Bertz CT molecular complexity index is 985. The van der Waals surface area contributed by atoms with E-state index in [0.29, 0.717) is 12.0 Å². The van der Waals surface area contributed by atoms with E-state index in [2.05, 4.69) is 15.8 Å². The summed E-state index contributed by atoms with van der Waals surface area (Å²) in [5.74, 6) is 1.37. The van der Waals surface area contributed by atoms with Crippen molar-refractivity contribution in [2.24, 2.45) is 0 Å². The molecule has 0 bridgehead atoms. The van der Waals surface area contributed by atoms with Crippen LogP contribution in [0.4, 0.5) is 0 Å². The topological polar surface area (TPSA) is 71.1 Å². The minimum absolute atomic E-state index is 0.265. The van der Waals surface area contributed by atoms with E-state index in [1.807, 2.05) is 73.1 Å². The molecule has 1 amide bonds. The zero-order valence-electron chi connectivity index (χ0n) is 17.3. The Labute approximate surface area is 191 Å². The zero-order chi connectivity index (χ0) is 21.9. The molecule has 0 aliphatic heterocycles. The number of hydrazine groups is 1. The number of rotatable bonds is 11. The number of nitrogens with zero attached hydrogens (tertiary/aromatic N) is 1. The van der Waals surface area contributed by atoms with Crippen molar-refractivity contribution in [3.05, 3.63) is 84.2 Å². The highest BCUT2D eigenvalue weighted by atomic mass is 32.2. The summed E-state index contributed by atoms with van der Waals surface area (Å²) in [5, 5.41) is 0. The van der Waals surface area contributed by atoms with Gasteiger partial charge in [-0.05, 0) is 59.4 Å². The van der Waals surface area contributed by atoms with Gasteiger partial charge in [-0.25, -0.2) is 5.43 Å². The molecule has 1 atom stereocenters. The molecule has 0 aliphatic rings. The number of hydrogen-bond donors (Lipinski definition) is 2. The Morgan fingerprint density at radius 1 is 1.13 bits per heavy atom. The summed E-state index contributed by atoms with van der Waals surface area (Å²) in [6.45, 7) is 0. The summed E-state index contributed by atoms with van der Waals surface area (Å²) in [6, 6.07) is 19.2. The Morgan fingerprint density at radius 3 is 2.68 bits per heavy atom. The van der Waals surface area contributed by atoms with Crippen LogP contribution in [0.1, 0.15) is 22.3 Å². The summed E-state index contributed by atoms with van der Waals surface area (Å²) in [6.07, 6.45) is 7.09. The molecule has 2 N–H and O–H groups in total. The molecule has 3 aromatic rings. The first kappa shape index (κ1) is 23.1. The van der Waals surface area contributed by atoms with Gasteiger partial charge in [0.1, 0.15) is 6.29 Å². The van der Waals surface area contributed by atoms with Crippen LogP contribution in [0, 0.1) is 0 Å². The molecule has 0 aliphatic carbocycles. The average Bonchev–Trinajstić information content (AvgIpc) is 2.83. The molecule has 0 saturated heterocycles. The molecule has 0 spiro atoms. The van der Waals surface area contributed by atoms with Gasteiger partial charge < -0.3 is 4.79 Å². The van der Waals surface area contributed by atoms with Crippen LogP contribution in [0.15, 0.2) is 78.0 Å². The molecule has 7 heteroatoms. The second-order valence-corrected chi connectivity index (χ2v) is 8.88. The minimum Gasteiger partial charge on any atom is -0.302 e. The number of nitrogens with one attached hydrogen (secondary N) is 2. The zero-order valence-corrected chi connectivity index (χ0v) is 18.9. The van der Waals surface area contributed by atoms with E-state index in [4.69, 9.17) is 0 Å². The number of hydrogen-bond acceptors (Lipinski definition) is 6. The number of pyridine rings is 1. The third-order valence-electron chi connectivity index (χ3n) is 4.62. The lowest BCUT2D eigenvalue weighted by molar-refractivity contribution is -0.109. The number of carbonyl (C=O) groups excluding carboxylic acids is 2. The average molecular weight is 452 g/mol. The number of aldehydes is 1. The summed E-state index contributed by atoms with van der Waals surface area (Å²) in [5.41, 5.74) is 9.06. The first-order valence-electron chi connectivity index (χ1n) is 9.92. The Balaban J connectivity index is 1.78. The highest BCUT2D eigenvalue weighted by molar-refractivity contribution is 7.98. The van der Waals surface area contributed by atoms with Gasteiger partial charge in [-0.3, -0.25) is 15.2 Å². The van der Waals surface area contributed by atoms with Crippen LogP contribution in [0.2, 0.25) is 0 Å². The summed E-state index contributed by atoms with van der Waals surface area (Å²) >= 11 is 3.36. The Hall–Kier alpha value is -2.61. The molecule has 2 aromatic carbocycles. The van der Waals surface area contributed by atoms with E-state index in [1.165, 1.54) is 0 Å². The number of thioether (sulfide) groups is 2. The molecule has 31 heavy (non-hydrogen) atoms. The number of carbonyl (C=O) groups is 2. The van der Waals surface area contributed by atoms with E-state index in [1.54, 1.807) is 29.7 Å². The van der Waals surface area contributed by atoms with Crippen molar-refractivity contribution >= 4 is 35.7 Å². The molecular formula is C24H25N3O2S2. The summed E-state index contributed by atoms with van der Waals surface area (Å²) < 4.78 is 0. The largest absolute Gasteiger partial charge is 0.302 e. The second-order valence-electron chi connectivity index (χ2n) is 6.85. The second kappa shape index (κ2) is 12.3. The van der Waals surface area contributed by atoms with Gasteiger partial charge in [-0.2, -0.15) is 11.8 Å². The quantitative estimate of drug-likeness (QED) is 0.252. The molecule has 1 heterocycles. The van der Waals surface area contributed by atoms with E-state index in [9.17, 15) is 9.59 Å². The first-order valence-corrected chi connectivity index (χ1v) is 12.3. The molecule has 3 rings (SSSR count). The molecule has 0 fully saturated rings. The third-order valence-corrected chi connectivity index (χ3v) is 6.33. The van der Waals surface area contributed by atoms with E-state index < -0.39 is 6.04 Å². The maximum Gasteiger partial charge on any atom is 0.266 e. The van der Waals surface area contributed by atoms with Crippen molar-refractivity contribution in [1.82, 2.24) is 15.8 Å². The van der Waals surface area contributed by atoms with Crippen LogP contribution in [0.3, 0.4) is 0 Å². The number of aromatic nitrogens is 1. The summed E-state index contributed by atoms with van der Waals surface area (Å²) in [4.78, 5) is 29.4. The molecule has 0 unspecified atom stereocenters. The number of amides is 1. The van der Waals surface area contributed by atoms with Crippen LogP contribution in [0.25, 0.3) is 11.1 Å². The molecule has 1 aromatic heterocycles. The van der Waals surface area contributed by atoms with Crippen molar-refractivity contribution in [3.8, 4) is 11.1 Å². The van der Waals surface area contributed by atoms with Crippen molar-refractivity contribution in [3.63, 3.8) is 0 Å². The molecule has 5 nitrogen and oxygen atoms in total. The van der Waals surface area contributed by atoms with Crippen molar-refractivity contribution in [2.45, 2.75) is 23.1 Å². The number of benzene rings is 2. The van der Waals surface area contributed by atoms with Gasteiger partial charge in [-0.1, -0.05) is 36.4 Å². The van der Waals surface area contributed by atoms with Gasteiger partial charge in [0.2, 0.25) is 0 Å². The third kappa shape index (κ3) is 6.95. The molecular weight excluding hydrogens is 426 g/mol. The van der Waals surface area contributed by atoms with Crippen LogP contribution >= 0.6 is 23.5 Å². The highest BCUT2D eigenvalue weighted by Gasteiger charge is 2.15. The fourth-order valence-electron chi connectivity index (χ4n) is 2.96. The van der Waals surface area contributed by atoms with E-state index in [0.717, 1.165) is 39.4 Å². The maximum absolute atomic E-state index is 12.9. The van der Waals surface area contributed by atoms with Crippen LogP contribution < -0.4 is 10.9 Å². The van der Waals surface area contributed by atoms with Gasteiger partial charge >= 0.3 is 0 Å². The monoisotopic (exact) mass is 451 g/mol. The lowest BCUT2D eigenvalue weighted by Crippen LogP contribution is -2.45. The molecule has 0 saturated carbocycles. The van der Waals surface area contributed by atoms with Gasteiger partial charge in [0, 0.05) is 28.6 Å². The van der Waals surface area contributed by atoms with Crippen molar-refractivity contribution in [1.29, 1.82) is 0 Å². The van der Waals surface area contributed by atoms with Crippen LogP contribution in [-0.4, -0.2) is 35.2 Å². The maximum atomic E-state index is 12.9. The minimum atomic E-state index is -0.411. The van der Waals surface area contributed by atoms with Crippen LogP contribution in [-0.2, 0) is 10.5 Å². The predicted molar refractivity (Wildman–Crippen MR) is 129 cm³/mol. The van der Waals surface area contributed by atoms with Gasteiger partial charge in [0.15, 0.2) is 0 Å². The highest BCUT2D eigenvalue weighted by Crippen LogP contribution is 2.30. The van der Waals surface area contributed by atoms with Crippen molar-refractivity contribution < 1.29 is 9.59 Å². The lowest BCUT2D eigenvalue weighted by atomic mass is 9.99. The summed E-state index contributed by atoms with van der Waals surface area (Å²) in [7, 11) is 0. The molecule has 160 valence electrons.